The van der Waals surface area contributed by atoms with Crippen molar-refractivity contribution in [3.63, 3.8) is 0 Å². The van der Waals surface area contributed by atoms with Gasteiger partial charge in [-0.2, -0.15) is 0 Å². The molecule has 0 amide bonds. The summed E-state index contributed by atoms with van der Waals surface area (Å²) in [5.74, 6) is 1.74. The van der Waals surface area contributed by atoms with Gasteiger partial charge in [-0.25, -0.2) is 0 Å². The molecule has 2 aliphatic carbocycles. The van der Waals surface area contributed by atoms with Crippen LogP contribution >= 0.6 is 0 Å². The molecule has 2 unspecified atom stereocenters. The normalized spacial score (nSPS) is 25.8. The summed E-state index contributed by atoms with van der Waals surface area (Å²) in [7, 11) is 3.77. The molecule has 1 N–H and O–H groups in total. The first kappa shape index (κ1) is 14.9. The maximum atomic E-state index is 6.29. The Labute approximate surface area is 128 Å². The number of rotatable bonds is 5. The van der Waals surface area contributed by atoms with Crippen LogP contribution in [0, 0.1) is 5.92 Å². The second-order valence-corrected chi connectivity index (χ2v) is 6.39. The highest BCUT2D eigenvalue weighted by Crippen LogP contribution is 2.35. The first-order chi connectivity index (χ1) is 10.3. The van der Waals surface area contributed by atoms with E-state index < -0.39 is 0 Å². The molecule has 3 nitrogen and oxygen atoms in total. The molecule has 0 radical (unpaired) electrons. The van der Waals surface area contributed by atoms with Gasteiger partial charge in [0.2, 0.25) is 0 Å². The Hall–Kier alpha value is -1.06. The molecule has 0 spiro atoms. The molecule has 0 heterocycles. The summed E-state index contributed by atoms with van der Waals surface area (Å²) < 4.78 is 11.6. The number of ether oxygens (including phenoxy) is 2. The van der Waals surface area contributed by atoms with Crippen LogP contribution in [0.5, 0.6) is 5.75 Å². The summed E-state index contributed by atoms with van der Waals surface area (Å²) in [6.45, 7) is 0.939. The van der Waals surface area contributed by atoms with Gasteiger partial charge >= 0.3 is 0 Å². The second kappa shape index (κ2) is 6.80. The fourth-order valence-electron chi connectivity index (χ4n) is 3.85. The quantitative estimate of drug-likeness (QED) is 0.900. The first-order valence-corrected chi connectivity index (χ1v) is 8.27. The lowest BCUT2D eigenvalue weighted by molar-refractivity contribution is -0.000976. The van der Waals surface area contributed by atoms with E-state index in [2.05, 4.69) is 23.5 Å². The van der Waals surface area contributed by atoms with E-state index in [0.717, 1.165) is 31.1 Å². The van der Waals surface area contributed by atoms with Gasteiger partial charge in [-0.1, -0.05) is 18.9 Å². The summed E-state index contributed by atoms with van der Waals surface area (Å²) in [5, 5.41) is 3.46. The molecule has 2 aliphatic rings. The molecular formula is C18H27NO2. The van der Waals surface area contributed by atoms with E-state index in [1.54, 1.807) is 7.11 Å². The molecule has 3 rings (SSSR count). The lowest BCUT2D eigenvalue weighted by Gasteiger charge is -2.34. The van der Waals surface area contributed by atoms with E-state index in [1.807, 2.05) is 7.05 Å². The first-order valence-electron chi connectivity index (χ1n) is 8.27. The number of hydrogen-bond donors (Lipinski definition) is 1. The van der Waals surface area contributed by atoms with Crippen LogP contribution in [0.15, 0.2) is 18.2 Å². The molecule has 3 heteroatoms. The van der Waals surface area contributed by atoms with Crippen molar-refractivity contribution in [1.29, 1.82) is 0 Å². The van der Waals surface area contributed by atoms with Crippen molar-refractivity contribution in [2.75, 3.05) is 20.8 Å². The van der Waals surface area contributed by atoms with Crippen LogP contribution in [0.1, 0.15) is 49.3 Å². The highest BCUT2D eigenvalue weighted by molar-refractivity contribution is 5.39. The lowest BCUT2D eigenvalue weighted by atomic mass is 9.85. The van der Waals surface area contributed by atoms with Crippen LogP contribution in [-0.4, -0.2) is 26.9 Å². The molecule has 1 aromatic carbocycles. The highest BCUT2D eigenvalue weighted by Gasteiger charge is 2.30. The SMILES string of the molecule is CNC1c2ccc(OC)cc2CCC1OCC1CCCC1. The molecule has 1 saturated carbocycles. The Morgan fingerprint density at radius 1 is 1.19 bits per heavy atom. The highest BCUT2D eigenvalue weighted by atomic mass is 16.5. The summed E-state index contributed by atoms with van der Waals surface area (Å²) in [5.41, 5.74) is 2.77. The fraction of sp³-hybridized carbons (Fsp3) is 0.667. The number of methoxy groups -OCH3 is 1. The zero-order valence-corrected chi connectivity index (χ0v) is 13.2. The number of fused-ring (bicyclic) bond motifs is 1. The van der Waals surface area contributed by atoms with Gasteiger partial charge in [-0.05, 0) is 61.9 Å². The molecule has 0 aliphatic heterocycles. The van der Waals surface area contributed by atoms with Crippen molar-refractivity contribution < 1.29 is 9.47 Å². The average Bonchev–Trinajstić information content (AvgIpc) is 3.05. The monoisotopic (exact) mass is 289 g/mol. The third-order valence-corrected chi connectivity index (χ3v) is 5.09. The molecule has 1 aromatic rings. The summed E-state index contributed by atoms with van der Waals surface area (Å²) >= 11 is 0. The van der Waals surface area contributed by atoms with Gasteiger partial charge in [0, 0.05) is 6.61 Å². The zero-order chi connectivity index (χ0) is 14.7. The van der Waals surface area contributed by atoms with Crippen molar-refractivity contribution in [3.05, 3.63) is 29.3 Å². The Morgan fingerprint density at radius 2 is 2.00 bits per heavy atom. The van der Waals surface area contributed by atoms with Crippen LogP contribution in [0.2, 0.25) is 0 Å². The van der Waals surface area contributed by atoms with Gasteiger partial charge in [0.15, 0.2) is 0 Å². The van der Waals surface area contributed by atoms with Crippen LogP contribution in [-0.2, 0) is 11.2 Å². The van der Waals surface area contributed by atoms with Crippen LogP contribution in [0.25, 0.3) is 0 Å². The minimum absolute atomic E-state index is 0.302. The van der Waals surface area contributed by atoms with E-state index in [1.165, 1.54) is 36.8 Å². The Morgan fingerprint density at radius 3 is 2.71 bits per heavy atom. The maximum absolute atomic E-state index is 6.29. The maximum Gasteiger partial charge on any atom is 0.119 e. The van der Waals surface area contributed by atoms with Crippen LogP contribution < -0.4 is 10.1 Å². The summed E-state index contributed by atoms with van der Waals surface area (Å²) in [6, 6.07) is 6.73. The van der Waals surface area contributed by atoms with E-state index in [4.69, 9.17) is 9.47 Å². The number of hydrogen-bond acceptors (Lipinski definition) is 3. The van der Waals surface area contributed by atoms with E-state index in [0.29, 0.717) is 12.1 Å². The lowest BCUT2D eigenvalue weighted by Crippen LogP contribution is -2.36. The zero-order valence-electron chi connectivity index (χ0n) is 13.2. The van der Waals surface area contributed by atoms with Gasteiger partial charge in [-0.15, -0.1) is 0 Å². The molecule has 0 bridgehead atoms. The third-order valence-electron chi connectivity index (χ3n) is 5.09. The van der Waals surface area contributed by atoms with Crippen LogP contribution in [0.3, 0.4) is 0 Å². The second-order valence-electron chi connectivity index (χ2n) is 6.39. The molecule has 2 atom stereocenters. The summed E-state index contributed by atoms with van der Waals surface area (Å²) in [6.07, 6.45) is 7.96. The number of nitrogens with one attached hydrogen (secondary N) is 1. The predicted molar refractivity (Wildman–Crippen MR) is 84.8 cm³/mol. The number of likely N-dealkylation sites (N-methyl/N-ethyl adjacent to an activating group) is 1. The fourth-order valence-corrected chi connectivity index (χ4v) is 3.85. The predicted octanol–water partition coefficient (Wildman–Crippen LogP) is 3.48. The largest absolute Gasteiger partial charge is 0.497 e. The number of aryl methyl sites for hydroxylation is 1. The number of benzene rings is 1. The van der Waals surface area contributed by atoms with E-state index in [-0.39, 0.29) is 0 Å². The Balaban J connectivity index is 1.68. The van der Waals surface area contributed by atoms with E-state index >= 15 is 0 Å². The standard InChI is InChI=1S/C18H27NO2/c1-19-18-16-9-8-15(20-2)11-14(16)7-10-17(18)21-12-13-5-3-4-6-13/h8-9,11,13,17-19H,3-7,10,12H2,1-2H3. The minimum atomic E-state index is 0.302. The van der Waals surface area contributed by atoms with E-state index in [9.17, 15) is 0 Å². The van der Waals surface area contributed by atoms with Gasteiger partial charge < -0.3 is 14.8 Å². The molecule has 0 aromatic heterocycles. The molecule has 1 fully saturated rings. The van der Waals surface area contributed by atoms with Gasteiger partial charge in [0.25, 0.3) is 0 Å². The van der Waals surface area contributed by atoms with Crippen LogP contribution in [0.4, 0.5) is 0 Å². The van der Waals surface area contributed by atoms with Crippen molar-refractivity contribution in [2.24, 2.45) is 5.92 Å². The topological polar surface area (TPSA) is 30.5 Å². The van der Waals surface area contributed by atoms with Crippen molar-refractivity contribution in [3.8, 4) is 5.75 Å². The third kappa shape index (κ3) is 3.24. The van der Waals surface area contributed by atoms with Gasteiger partial charge in [0.1, 0.15) is 5.75 Å². The van der Waals surface area contributed by atoms with Crippen molar-refractivity contribution >= 4 is 0 Å². The minimum Gasteiger partial charge on any atom is -0.497 e. The molecule has 21 heavy (non-hydrogen) atoms. The molecule has 116 valence electrons. The average molecular weight is 289 g/mol. The smallest absolute Gasteiger partial charge is 0.119 e. The summed E-state index contributed by atoms with van der Waals surface area (Å²) in [4.78, 5) is 0. The Kier molecular flexibility index (Phi) is 4.81. The van der Waals surface area contributed by atoms with Crippen molar-refractivity contribution in [2.45, 2.75) is 50.7 Å². The van der Waals surface area contributed by atoms with Gasteiger partial charge in [-0.3, -0.25) is 0 Å². The molecule has 0 saturated heterocycles. The Bertz CT molecular complexity index is 468. The molecular weight excluding hydrogens is 262 g/mol. The van der Waals surface area contributed by atoms with Crippen molar-refractivity contribution in [1.82, 2.24) is 5.32 Å². The van der Waals surface area contributed by atoms with Gasteiger partial charge in [0.05, 0.1) is 19.3 Å².